The first-order chi connectivity index (χ1) is 9.81. The minimum absolute atomic E-state index is 0.122. The maximum Gasteiger partial charge on any atom is 0.265 e. The first kappa shape index (κ1) is 11.6. The average Bonchev–Trinajstić information content (AvgIpc) is 3.10. The fourth-order valence-corrected chi connectivity index (χ4v) is 3.68. The number of imidazole rings is 1. The molecule has 0 fully saturated rings. The van der Waals surface area contributed by atoms with Gasteiger partial charge in [-0.3, -0.25) is 14.2 Å². The summed E-state index contributed by atoms with van der Waals surface area (Å²) in [4.78, 5) is 23.1. The second-order valence-corrected chi connectivity index (χ2v) is 6.06. The molecule has 4 rings (SSSR count). The van der Waals surface area contributed by atoms with E-state index in [-0.39, 0.29) is 5.91 Å². The van der Waals surface area contributed by atoms with Crippen molar-refractivity contribution in [1.29, 1.82) is 0 Å². The Balaban J connectivity index is 1.70. The molecule has 0 atom stereocenters. The van der Waals surface area contributed by atoms with E-state index in [9.17, 15) is 4.79 Å². The lowest BCUT2D eigenvalue weighted by atomic mass is 10.3. The van der Waals surface area contributed by atoms with Crippen molar-refractivity contribution in [2.45, 2.75) is 0 Å². The number of fused-ring (bicyclic) bond motifs is 3. The van der Waals surface area contributed by atoms with Gasteiger partial charge < -0.3 is 5.32 Å². The number of nitrogens with one attached hydrogen (secondary N) is 1. The van der Waals surface area contributed by atoms with Crippen molar-refractivity contribution < 1.29 is 4.79 Å². The van der Waals surface area contributed by atoms with Gasteiger partial charge in [0.1, 0.15) is 4.83 Å². The number of amides is 1. The molecule has 0 aliphatic heterocycles. The predicted molar refractivity (Wildman–Crippen MR) is 80.6 cm³/mol. The summed E-state index contributed by atoms with van der Waals surface area (Å²) < 4.78 is 2.00. The van der Waals surface area contributed by atoms with Crippen LogP contribution in [0.3, 0.4) is 0 Å². The molecule has 0 saturated heterocycles. The highest BCUT2D eigenvalue weighted by molar-refractivity contribution is 7.21. The number of carbonyl (C=O) groups excluding carboxylic acids is 1. The zero-order valence-electron chi connectivity index (χ0n) is 10.1. The van der Waals surface area contributed by atoms with Crippen molar-refractivity contribution in [3.05, 3.63) is 47.0 Å². The van der Waals surface area contributed by atoms with E-state index in [2.05, 4.69) is 15.3 Å². The van der Waals surface area contributed by atoms with Crippen LogP contribution < -0.4 is 5.32 Å². The molecule has 98 valence electrons. The van der Waals surface area contributed by atoms with Gasteiger partial charge in [0, 0.05) is 29.7 Å². The Morgan fingerprint density at radius 3 is 3.00 bits per heavy atom. The van der Waals surface area contributed by atoms with Gasteiger partial charge in [0.25, 0.3) is 5.91 Å². The maximum atomic E-state index is 12.2. The lowest BCUT2D eigenvalue weighted by molar-refractivity contribution is 0.103. The second kappa shape index (κ2) is 4.39. The number of carbonyl (C=O) groups is 1. The molecular weight excluding hydrogens is 292 g/mol. The van der Waals surface area contributed by atoms with Gasteiger partial charge in [-0.1, -0.05) is 0 Å². The number of hydrogen-bond donors (Lipinski definition) is 1. The van der Waals surface area contributed by atoms with Crippen LogP contribution in [0.25, 0.3) is 15.3 Å². The predicted octanol–water partition coefficient (Wildman–Crippen LogP) is 3.26. The normalized spacial score (nSPS) is 11.2. The Kier molecular flexibility index (Phi) is 2.54. The van der Waals surface area contributed by atoms with Crippen LogP contribution >= 0.6 is 22.7 Å². The lowest BCUT2D eigenvalue weighted by Gasteiger charge is -2.01. The standard InChI is InChI=1S/C13H8N4OS2/c18-11(15-8-1-3-14-4-2-8)10-7-9-12(20-10)16-13-17(9)5-6-19-13/h1-7H,(H,14,15,18). The monoisotopic (exact) mass is 300 g/mol. The molecule has 0 unspecified atom stereocenters. The lowest BCUT2D eigenvalue weighted by Crippen LogP contribution is -2.09. The molecule has 0 saturated carbocycles. The number of thiazole rings is 1. The van der Waals surface area contributed by atoms with Crippen molar-refractivity contribution in [2.75, 3.05) is 5.32 Å². The molecule has 5 nitrogen and oxygen atoms in total. The first-order valence-corrected chi connectivity index (χ1v) is 7.57. The van der Waals surface area contributed by atoms with Gasteiger partial charge in [-0.15, -0.1) is 22.7 Å². The Hall–Kier alpha value is -2.25. The van der Waals surface area contributed by atoms with Crippen LogP contribution in [0.4, 0.5) is 5.69 Å². The molecule has 1 amide bonds. The third-order valence-corrected chi connectivity index (χ3v) is 4.68. The Morgan fingerprint density at radius 2 is 2.15 bits per heavy atom. The summed E-state index contributed by atoms with van der Waals surface area (Å²) >= 11 is 2.99. The van der Waals surface area contributed by atoms with E-state index >= 15 is 0 Å². The van der Waals surface area contributed by atoms with Gasteiger partial charge in [0.2, 0.25) is 0 Å². The number of thiophene rings is 1. The van der Waals surface area contributed by atoms with E-state index in [0.29, 0.717) is 4.88 Å². The fourth-order valence-electron chi connectivity index (χ4n) is 1.99. The van der Waals surface area contributed by atoms with E-state index < -0.39 is 0 Å². The summed E-state index contributed by atoms with van der Waals surface area (Å²) in [6, 6.07) is 5.40. The summed E-state index contributed by atoms with van der Waals surface area (Å²) in [5.41, 5.74) is 1.71. The van der Waals surface area contributed by atoms with Crippen molar-refractivity contribution in [3.8, 4) is 0 Å². The number of aromatic nitrogens is 3. The largest absolute Gasteiger partial charge is 0.321 e. The molecule has 1 N–H and O–H groups in total. The Labute approximate surface area is 121 Å². The quantitative estimate of drug-likeness (QED) is 0.618. The SMILES string of the molecule is O=C(Nc1ccncc1)c1cc2c(nc3sccn32)s1. The number of anilines is 1. The Morgan fingerprint density at radius 1 is 1.30 bits per heavy atom. The summed E-state index contributed by atoms with van der Waals surface area (Å²) in [5, 5.41) is 4.83. The zero-order valence-corrected chi connectivity index (χ0v) is 11.7. The minimum Gasteiger partial charge on any atom is -0.321 e. The van der Waals surface area contributed by atoms with Gasteiger partial charge in [0.05, 0.1) is 10.4 Å². The number of nitrogens with zero attached hydrogens (tertiary/aromatic N) is 3. The fraction of sp³-hybridized carbons (Fsp3) is 0. The van der Waals surface area contributed by atoms with Gasteiger partial charge >= 0.3 is 0 Å². The van der Waals surface area contributed by atoms with Crippen molar-refractivity contribution in [3.63, 3.8) is 0 Å². The van der Waals surface area contributed by atoms with Gasteiger partial charge in [-0.25, -0.2) is 4.98 Å². The van der Waals surface area contributed by atoms with Crippen LogP contribution in [-0.2, 0) is 0 Å². The summed E-state index contributed by atoms with van der Waals surface area (Å²) in [6.07, 6.45) is 5.26. The molecule has 4 heterocycles. The minimum atomic E-state index is -0.122. The summed E-state index contributed by atoms with van der Waals surface area (Å²) in [7, 11) is 0. The van der Waals surface area contributed by atoms with Gasteiger partial charge in [0.15, 0.2) is 4.96 Å². The summed E-state index contributed by atoms with van der Waals surface area (Å²) in [5.74, 6) is -0.122. The van der Waals surface area contributed by atoms with Crippen LogP contribution in [0.2, 0.25) is 0 Å². The van der Waals surface area contributed by atoms with Gasteiger partial charge in [-0.2, -0.15) is 0 Å². The second-order valence-electron chi connectivity index (χ2n) is 4.16. The molecule has 0 aliphatic carbocycles. The number of rotatable bonds is 2. The van der Waals surface area contributed by atoms with Crippen molar-refractivity contribution in [1.82, 2.24) is 14.4 Å². The summed E-state index contributed by atoms with van der Waals surface area (Å²) in [6.45, 7) is 0. The zero-order chi connectivity index (χ0) is 13.5. The molecule has 0 spiro atoms. The van der Waals surface area contributed by atoms with Crippen LogP contribution in [0.1, 0.15) is 9.67 Å². The molecule has 0 bridgehead atoms. The van der Waals surface area contributed by atoms with Crippen molar-refractivity contribution in [2.24, 2.45) is 0 Å². The van der Waals surface area contributed by atoms with E-state index in [0.717, 1.165) is 21.0 Å². The highest BCUT2D eigenvalue weighted by Gasteiger charge is 2.15. The van der Waals surface area contributed by atoms with Crippen LogP contribution in [0.5, 0.6) is 0 Å². The number of hydrogen-bond acceptors (Lipinski definition) is 5. The molecule has 0 aliphatic rings. The van der Waals surface area contributed by atoms with Crippen LogP contribution in [0, 0.1) is 0 Å². The third-order valence-electron chi connectivity index (χ3n) is 2.90. The Bertz CT molecular complexity index is 906. The molecule has 4 aromatic heterocycles. The van der Waals surface area contributed by atoms with E-state index in [1.54, 1.807) is 35.9 Å². The van der Waals surface area contributed by atoms with Crippen molar-refractivity contribution >= 4 is 49.6 Å². The molecule has 7 heteroatoms. The third kappa shape index (κ3) is 1.79. The molecule has 0 aromatic carbocycles. The highest BCUT2D eigenvalue weighted by Crippen LogP contribution is 2.28. The molecule has 4 aromatic rings. The topological polar surface area (TPSA) is 59.3 Å². The highest BCUT2D eigenvalue weighted by atomic mass is 32.1. The van der Waals surface area contributed by atoms with E-state index in [1.807, 2.05) is 22.0 Å². The molecule has 0 radical (unpaired) electrons. The van der Waals surface area contributed by atoms with Crippen LogP contribution in [-0.4, -0.2) is 20.3 Å². The molecule has 20 heavy (non-hydrogen) atoms. The maximum absolute atomic E-state index is 12.2. The smallest absolute Gasteiger partial charge is 0.265 e. The van der Waals surface area contributed by atoms with Gasteiger partial charge in [-0.05, 0) is 18.2 Å². The average molecular weight is 300 g/mol. The van der Waals surface area contributed by atoms with Crippen LogP contribution in [0.15, 0.2) is 42.2 Å². The first-order valence-electron chi connectivity index (χ1n) is 5.88. The number of pyridine rings is 1. The van der Waals surface area contributed by atoms with E-state index in [1.165, 1.54) is 11.3 Å². The molecular formula is C13H8N4OS2. The van der Waals surface area contributed by atoms with E-state index in [4.69, 9.17) is 0 Å².